The second-order valence-corrected chi connectivity index (χ2v) is 3.42. The summed E-state index contributed by atoms with van der Waals surface area (Å²) in [4.78, 5) is 6.64. The highest BCUT2D eigenvalue weighted by Gasteiger charge is 2.03. The van der Waals surface area contributed by atoms with Crippen LogP contribution in [0.1, 0.15) is 26.0 Å². The van der Waals surface area contributed by atoms with Gasteiger partial charge in [-0.3, -0.25) is 4.90 Å². The van der Waals surface area contributed by atoms with Gasteiger partial charge in [0.1, 0.15) is 5.82 Å². The molecular formula is C11H19N3. The van der Waals surface area contributed by atoms with Gasteiger partial charge in [0.05, 0.1) is 5.69 Å². The molecule has 0 unspecified atom stereocenters. The maximum absolute atomic E-state index is 5.62. The Morgan fingerprint density at radius 2 is 2.14 bits per heavy atom. The van der Waals surface area contributed by atoms with Crippen LogP contribution in [0.2, 0.25) is 0 Å². The molecule has 1 aromatic rings. The normalized spacial score (nSPS) is 10.8. The van der Waals surface area contributed by atoms with Crippen LogP contribution in [0.5, 0.6) is 0 Å². The van der Waals surface area contributed by atoms with Crippen molar-refractivity contribution in [3.05, 3.63) is 23.9 Å². The molecule has 0 saturated carbocycles. The average molecular weight is 193 g/mol. The van der Waals surface area contributed by atoms with Crippen LogP contribution in [-0.2, 0) is 6.54 Å². The van der Waals surface area contributed by atoms with E-state index in [1.807, 2.05) is 18.2 Å². The van der Waals surface area contributed by atoms with Crippen LogP contribution in [0.3, 0.4) is 0 Å². The van der Waals surface area contributed by atoms with Crippen molar-refractivity contribution in [1.82, 2.24) is 9.88 Å². The lowest BCUT2D eigenvalue weighted by atomic mass is 10.3. The summed E-state index contributed by atoms with van der Waals surface area (Å²) < 4.78 is 0. The molecule has 3 heteroatoms. The predicted molar refractivity (Wildman–Crippen MR) is 59.9 cm³/mol. The lowest BCUT2D eigenvalue weighted by Crippen LogP contribution is -2.24. The highest BCUT2D eigenvalue weighted by atomic mass is 15.1. The van der Waals surface area contributed by atoms with Gasteiger partial charge in [-0.15, -0.1) is 0 Å². The lowest BCUT2D eigenvalue weighted by molar-refractivity contribution is 0.277. The Morgan fingerprint density at radius 3 is 2.71 bits per heavy atom. The maximum Gasteiger partial charge on any atom is 0.123 e. The first kappa shape index (κ1) is 11.0. The van der Waals surface area contributed by atoms with Crippen molar-refractivity contribution in [2.45, 2.75) is 26.8 Å². The summed E-state index contributed by atoms with van der Waals surface area (Å²) in [6.45, 7) is 7.43. The van der Waals surface area contributed by atoms with Crippen LogP contribution in [0.15, 0.2) is 18.2 Å². The van der Waals surface area contributed by atoms with Crippen molar-refractivity contribution < 1.29 is 0 Å². The van der Waals surface area contributed by atoms with E-state index >= 15 is 0 Å². The summed E-state index contributed by atoms with van der Waals surface area (Å²) in [6, 6.07) is 5.80. The quantitative estimate of drug-likeness (QED) is 0.776. The molecule has 3 nitrogen and oxygen atoms in total. The smallest absolute Gasteiger partial charge is 0.123 e. The standard InChI is InChI=1S/C11H19N3/c1-3-8-14(4-2)9-10-6-5-7-11(12)13-10/h5-7H,3-4,8-9H2,1-2H3,(H2,12,13). The SMILES string of the molecule is CCCN(CC)Cc1cccc(N)n1. The van der Waals surface area contributed by atoms with Crippen LogP contribution in [-0.4, -0.2) is 23.0 Å². The van der Waals surface area contributed by atoms with E-state index < -0.39 is 0 Å². The van der Waals surface area contributed by atoms with Gasteiger partial charge in [-0.1, -0.05) is 19.9 Å². The van der Waals surface area contributed by atoms with Gasteiger partial charge in [-0.25, -0.2) is 4.98 Å². The topological polar surface area (TPSA) is 42.1 Å². The minimum absolute atomic E-state index is 0.607. The highest BCUT2D eigenvalue weighted by Crippen LogP contribution is 2.04. The summed E-state index contributed by atoms with van der Waals surface area (Å²) in [5.74, 6) is 0.607. The number of hydrogen-bond donors (Lipinski definition) is 1. The van der Waals surface area contributed by atoms with Crippen molar-refractivity contribution >= 4 is 5.82 Å². The fourth-order valence-corrected chi connectivity index (χ4v) is 1.48. The van der Waals surface area contributed by atoms with Gasteiger partial charge < -0.3 is 5.73 Å². The Hall–Kier alpha value is -1.09. The Balaban J connectivity index is 2.57. The molecule has 14 heavy (non-hydrogen) atoms. The van der Waals surface area contributed by atoms with Crippen LogP contribution in [0, 0.1) is 0 Å². The van der Waals surface area contributed by atoms with Crippen molar-refractivity contribution in [2.75, 3.05) is 18.8 Å². The lowest BCUT2D eigenvalue weighted by Gasteiger charge is -2.18. The van der Waals surface area contributed by atoms with Crippen LogP contribution < -0.4 is 5.73 Å². The zero-order valence-corrected chi connectivity index (χ0v) is 9.03. The Morgan fingerprint density at radius 1 is 1.36 bits per heavy atom. The largest absolute Gasteiger partial charge is 0.384 e. The number of pyridine rings is 1. The van der Waals surface area contributed by atoms with Gasteiger partial charge in [0.15, 0.2) is 0 Å². The number of hydrogen-bond acceptors (Lipinski definition) is 3. The molecular weight excluding hydrogens is 174 g/mol. The monoisotopic (exact) mass is 193 g/mol. The molecule has 0 aliphatic heterocycles. The molecule has 0 amide bonds. The van der Waals surface area contributed by atoms with Crippen LogP contribution >= 0.6 is 0 Å². The zero-order valence-electron chi connectivity index (χ0n) is 9.03. The van der Waals surface area contributed by atoms with E-state index in [0.29, 0.717) is 5.82 Å². The van der Waals surface area contributed by atoms with Gasteiger partial charge in [-0.2, -0.15) is 0 Å². The molecule has 1 rings (SSSR count). The van der Waals surface area contributed by atoms with Crippen LogP contribution in [0.25, 0.3) is 0 Å². The van der Waals surface area contributed by atoms with Gasteiger partial charge in [0, 0.05) is 6.54 Å². The van der Waals surface area contributed by atoms with Crippen molar-refractivity contribution in [3.63, 3.8) is 0 Å². The highest BCUT2D eigenvalue weighted by molar-refractivity contribution is 5.28. The fraction of sp³-hybridized carbons (Fsp3) is 0.545. The van der Waals surface area contributed by atoms with E-state index in [-0.39, 0.29) is 0 Å². The maximum atomic E-state index is 5.62. The van der Waals surface area contributed by atoms with Gasteiger partial charge in [0.25, 0.3) is 0 Å². The molecule has 0 aliphatic carbocycles. The zero-order chi connectivity index (χ0) is 10.4. The second kappa shape index (κ2) is 5.60. The molecule has 1 aromatic heterocycles. The van der Waals surface area contributed by atoms with E-state index in [2.05, 4.69) is 23.7 Å². The number of nitrogens with zero attached hydrogens (tertiary/aromatic N) is 2. The molecule has 0 aliphatic rings. The van der Waals surface area contributed by atoms with Gasteiger partial charge in [-0.05, 0) is 31.6 Å². The van der Waals surface area contributed by atoms with E-state index in [9.17, 15) is 0 Å². The number of rotatable bonds is 5. The summed E-state index contributed by atoms with van der Waals surface area (Å²) in [5, 5.41) is 0. The number of anilines is 1. The first-order valence-corrected chi connectivity index (χ1v) is 5.20. The van der Waals surface area contributed by atoms with E-state index in [4.69, 9.17) is 5.73 Å². The average Bonchev–Trinajstić information content (AvgIpc) is 2.17. The van der Waals surface area contributed by atoms with Crippen molar-refractivity contribution in [2.24, 2.45) is 0 Å². The third-order valence-electron chi connectivity index (χ3n) is 2.20. The molecule has 0 fully saturated rings. The van der Waals surface area contributed by atoms with E-state index in [0.717, 1.165) is 25.3 Å². The van der Waals surface area contributed by atoms with Crippen LogP contribution in [0.4, 0.5) is 5.82 Å². The summed E-state index contributed by atoms with van der Waals surface area (Å²) >= 11 is 0. The van der Waals surface area contributed by atoms with E-state index in [1.165, 1.54) is 6.42 Å². The number of aromatic nitrogens is 1. The third-order valence-corrected chi connectivity index (χ3v) is 2.20. The second-order valence-electron chi connectivity index (χ2n) is 3.42. The number of nitrogen functional groups attached to an aromatic ring is 1. The number of nitrogens with two attached hydrogens (primary N) is 1. The van der Waals surface area contributed by atoms with Gasteiger partial charge in [0.2, 0.25) is 0 Å². The molecule has 1 heterocycles. The first-order chi connectivity index (χ1) is 6.76. The van der Waals surface area contributed by atoms with E-state index in [1.54, 1.807) is 0 Å². The van der Waals surface area contributed by atoms with Crippen molar-refractivity contribution in [3.8, 4) is 0 Å². The summed E-state index contributed by atoms with van der Waals surface area (Å²) in [7, 11) is 0. The van der Waals surface area contributed by atoms with Gasteiger partial charge >= 0.3 is 0 Å². The molecule has 78 valence electrons. The Kier molecular flexibility index (Phi) is 4.40. The predicted octanol–water partition coefficient (Wildman–Crippen LogP) is 1.90. The molecule has 0 aromatic carbocycles. The Bertz CT molecular complexity index is 273. The minimum Gasteiger partial charge on any atom is -0.384 e. The summed E-state index contributed by atoms with van der Waals surface area (Å²) in [5.41, 5.74) is 6.68. The first-order valence-electron chi connectivity index (χ1n) is 5.20. The minimum atomic E-state index is 0.607. The Labute approximate surface area is 85.9 Å². The molecule has 0 atom stereocenters. The molecule has 0 radical (unpaired) electrons. The third kappa shape index (κ3) is 3.34. The summed E-state index contributed by atoms with van der Waals surface area (Å²) in [6.07, 6.45) is 1.18. The molecule has 0 spiro atoms. The molecule has 2 N–H and O–H groups in total. The van der Waals surface area contributed by atoms with Crippen molar-refractivity contribution in [1.29, 1.82) is 0 Å². The molecule has 0 saturated heterocycles. The molecule has 0 bridgehead atoms. The fourth-order valence-electron chi connectivity index (χ4n) is 1.48.